The summed E-state index contributed by atoms with van der Waals surface area (Å²) in [6.45, 7) is 0. The van der Waals surface area contributed by atoms with Gasteiger partial charge in [-0.15, -0.1) is 0 Å². The van der Waals surface area contributed by atoms with Crippen LogP contribution >= 0.6 is 0 Å². The smallest absolute Gasteiger partial charge is 0.0972 e. The number of fused-ring (bicyclic) bond motifs is 18. The van der Waals surface area contributed by atoms with Gasteiger partial charge in [-0.2, -0.15) is 0 Å². The van der Waals surface area contributed by atoms with Gasteiger partial charge in [0.2, 0.25) is 0 Å². The minimum atomic E-state index is 0.888. The zero-order valence-electron chi connectivity index (χ0n) is 62.0. The van der Waals surface area contributed by atoms with E-state index in [-0.39, 0.29) is 0 Å². The van der Waals surface area contributed by atoms with Crippen LogP contribution in [0.15, 0.2) is 365 Å². The molecule has 0 aliphatic rings. The summed E-state index contributed by atoms with van der Waals surface area (Å²) in [5.74, 6) is 0. The van der Waals surface area contributed by atoms with Crippen molar-refractivity contribution in [2.45, 2.75) is 0 Å². The van der Waals surface area contributed by atoms with Gasteiger partial charge < -0.3 is 0 Å². The molecule has 0 spiro atoms. The van der Waals surface area contributed by atoms with Crippen LogP contribution in [0.5, 0.6) is 0 Å². The summed E-state index contributed by atoms with van der Waals surface area (Å²) in [4.78, 5) is 58.7. The molecular formula is C104H60N12. The summed E-state index contributed by atoms with van der Waals surface area (Å²) in [5, 5.41) is 17.5. The fraction of sp³-hybridized carbons (Fsp3) is 0. The number of rotatable bonds is 8. The van der Waals surface area contributed by atoms with Gasteiger partial charge in [-0.1, -0.05) is 182 Å². The first-order valence-electron chi connectivity index (χ1n) is 38.7. The Morgan fingerprint density at radius 3 is 0.819 bits per heavy atom. The van der Waals surface area contributed by atoms with Crippen molar-refractivity contribution in [1.82, 2.24) is 59.8 Å². The van der Waals surface area contributed by atoms with Crippen molar-refractivity contribution in [1.29, 1.82) is 0 Å². The Hall–Kier alpha value is -15.9. The maximum Gasteiger partial charge on any atom is 0.0972 e. The molecule has 0 saturated heterocycles. The van der Waals surface area contributed by atoms with E-state index >= 15 is 0 Å². The van der Waals surface area contributed by atoms with E-state index in [0.29, 0.717) is 0 Å². The molecule has 0 unspecified atom stereocenters. The lowest BCUT2D eigenvalue weighted by Crippen LogP contribution is -1.92. The lowest BCUT2D eigenvalue weighted by molar-refractivity contribution is 1.36. The molecule has 0 N–H and O–H groups in total. The fourth-order valence-corrected chi connectivity index (χ4v) is 16.9. The molecule has 0 aliphatic carbocycles. The Balaban J connectivity index is 0.000000137. The molecule has 12 aromatic heterocycles. The Kier molecular flexibility index (Phi) is 15.3. The van der Waals surface area contributed by atoms with Crippen molar-refractivity contribution in [2.24, 2.45) is 0 Å². The van der Waals surface area contributed by atoms with Gasteiger partial charge in [0.25, 0.3) is 0 Å². The summed E-state index contributed by atoms with van der Waals surface area (Å²) in [6.07, 6.45) is 10.9. The molecule has 12 heterocycles. The van der Waals surface area contributed by atoms with Gasteiger partial charge in [0.1, 0.15) is 0 Å². The Labute approximate surface area is 662 Å². The second-order valence-electron chi connectivity index (χ2n) is 29.5. The van der Waals surface area contributed by atoms with Crippen LogP contribution in [0.1, 0.15) is 0 Å². The van der Waals surface area contributed by atoms with E-state index in [0.717, 1.165) is 242 Å². The Bertz CT molecular complexity index is 8270. The molecule has 24 aromatic rings. The molecular weight excluding hydrogens is 1420 g/mol. The van der Waals surface area contributed by atoms with Crippen molar-refractivity contribution in [3.8, 4) is 89.8 Å². The maximum absolute atomic E-state index is 5.19. The van der Waals surface area contributed by atoms with Crippen LogP contribution in [-0.2, 0) is 0 Å². The lowest BCUT2D eigenvalue weighted by Gasteiger charge is -2.13. The maximum atomic E-state index is 5.19. The normalized spacial score (nSPS) is 11.8. The van der Waals surface area contributed by atoms with E-state index in [1.54, 1.807) is 0 Å². The van der Waals surface area contributed by atoms with Crippen LogP contribution < -0.4 is 0 Å². The van der Waals surface area contributed by atoms with Crippen LogP contribution in [0.4, 0.5) is 0 Å². The van der Waals surface area contributed by atoms with Crippen molar-refractivity contribution in [3.05, 3.63) is 365 Å². The van der Waals surface area contributed by atoms with Crippen LogP contribution in [0.25, 0.3) is 242 Å². The predicted octanol–water partition coefficient (Wildman–Crippen LogP) is 25.6. The largest absolute Gasteiger partial charge is 0.254 e. The predicted molar refractivity (Wildman–Crippen MR) is 475 cm³/mol. The van der Waals surface area contributed by atoms with Crippen molar-refractivity contribution in [2.75, 3.05) is 0 Å². The molecule has 116 heavy (non-hydrogen) atoms. The van der Waals surface area contributed by atoms with Crippen LogP contribution in [0.3, 0.4) is 0 Å². The third-order valence-corrected chi connectivity index (χ3v) is 22.7. The minimum Gasteiger partial charge on any atom is -0.254 e. The van der Waals surface area contributed by atoms with E-state index in [9.17, 15) is 0 Å². The van der Waals surface area contributed by atoms with Gasteiger partial charge in [0.15, 0.2) is 0 Å². The average molecular weight is 1480 g/mol. The molecule has 0 aliphatic heterocycles. The zero-order valence-corrected chi connectivity index (χ0v) is 62.0. The highest BCUT2D eigenvalue weighted by Crippen LogP contribution is 2.41. The third kappa shape index (κ3) is 11.5. The quantitative estimate of drug-likeness (QED) is 0.133. The van der Waals surface area contributed by atoms with E-state index in [2.05, 4.69) is 321 Å². The average Bonchev–Trinajstić information content (AvgIpc) is 0.760. The van der Waals surface area contributed by atoms with Gasteiger partial charge in [-0.3, -0.25) is 29.9 Å². The van der Waals surface area contributed by atoms with Gasteiger partial charge in [-0.25, -0.2) is 29.9 Å². The second-order valence-corrected chi connectivity index (χ2v) is 29.5. The standard InChI is InChI=1S/2C52H30N6/c1-4-31-7-8-32-13-18-47(58-51(32)49(31)53-23-1)38-12-10-33-26-37(11-9-34(33)27-38)45-21-16-39-28-35(14-19-44(39)56-45)36-15-20-46-40(29-36)17-22-48(57-46)43-30-41-5-2-24-54-50(41)52-42(43)6-3-25-55-52;1-2-9-39-38(8-1)40(18-19-41(39)47-22-13-32-12-11-31-6-3-25-53-49(31)51(32)58-47)46-23-16-35-28-33(14-20-44(35)56-46)34-15-21-45-36(29-34)17-24-48(57-45)43-30-37-7-4-26-54-50(37)52-42(43)10-5-27-55-52/h2*1-30H. The van der Waals surface area contributed by atoms with Gasteiger partial charge >= 0.3 is 0 Å². The van der Waals surface area contributed by atoms with Crippen LogP contribution in [-0.4, -0.2) is 59.8 Å². The van der Waals surface area contributed by atoms with Crippen LogP contribution in [0.2, 0.25) is 0 Å². The Morgan fingerprint density at radius 2 is 0.405 bits per heavy atom. The van der Waals surface area contributed by atoms with Crippen molar-refractivity contribution in [3.63, 3.8) is 0 Å². The number of benzene rings is 12. The summed E-state index contributed by atoms with van der Waals surface area (Å²) in [7, 11) is 0. The van der Waals surface area contributed by atoms with E-state index in [4.69, 9.17) is 29.9 Å². The van der Waals surface area contributed by atoms with Crippen molar-refractivity contribution < 1.29 is 0 Å². The molecule has 0 saturated carbocycles. The summed E-state index contributed by atoms with van der Waals surface area (Å²) >= 11 is 0. The zero-order chi connectivity index (χ0) is 76.3. The number of pyridine rings is 12. The van der Waals surface area contributed by atoms with E-state index in [1.165, 1.54) is 0 Å². The fourth-order valence-electron chi connectivity index (χ4n) is 16.9. The number of nitrogens with zero attached hydrogens (tertiary/aromatic N) is 12. The van der Waals surface area contributed by atoms with Gasteiger partial charge in [0.05, 0.1) is 100 Å². The summed E-state index contributed by atoms with van der Waals surface area (Å²) < 4.78 is 0. The second kappa shape index (κ2) is 26.9. The number of aromatic nitrogens is 12. The molecule has 0 fully saturated rings. The van der Waals surface area contributed by atoms with E-state index < -0.39 is 0 Å². The first kappa shape index (κ1) is 65.9. The molecule has 0 radical (unpaired) electrons. The summed E-state index contributed by atoms with van der Waals surface area (Å²) in [5.41, 5.74) is 27.6. The highest BCUT2D eigenvalue weighted by Gasteiger charge is 2.19. The molecule has 12 aromatic carbocycles. The first-order chi connectivity index (χ1) is 57.4. The van der Waals surface area contributed by atoms with Crippen molar-refractivity contribution >= 4 is 152 Å². The van der Waals surface area contributed by atoms with Crippen LogP contribution in [0, 0.1) is 0 Å². The van der Waals surface area contributed by atoms with Gasteiger partial charge in [0, 0.05) is 135 Å². The highest BCUT2D eigenvalue weighted by atomic mass is 14.8. The third-order valence-electron chi connectivity index (χ3n) is 22.7. The molecule has 536 valence electrons. The summed E-state index contributed by atoms with van der Waals surface area (Å²) in [6, 6.07) is 115. The number of hydrogen-bond acceptors (Lipinski definition) is 12. The first-order valence-corrected chi connectivity index (χ1v) is 38.7. The van der Waals surface area contributed by atoms with E-state index in [1.807, 2.05) is 73.6 Å². The molecule has 0 amide bonds. The highest BCUT2D eigenvalue weighted by molar-refractivity contribution is 6.13. The molecule has 0 atom stereocenters. The minimum absolute atomic E-state index is 0.888. The molecule has 12 heteroatoms. The molecule has 0 bridgehead atoms. The Morgan fingerprint density at radius 1 is 0.138 bits per heavy atom. The monoisotopic (exact) mass is 1480 g/mol. The molecule has 24 rings (SSSR count). The topological polar surface area (TPSA) is 155 Å². The number of hydrogen-bond donors (Lipinski definition) is 0. The van der Waals surface area contributed by atoms with Gasteiger partial charge in [-0.05, 0) is 189 Å². The SMILES string of the molecule is c1cnc2c(c1)ccc1ccc(-c3ccc(-c4ccc5cc(-c6ccc7nc(-c8cc9cccnc9c9ncccc89)ccc7c6)ccc5n4)c4ccccc34)nc12.c1cnc2c(c1)ccc1ccc(-c3ccc4cc(-c5ccc6cc(-c7ccc8nc(-c9cc%10cccnc%10c%10ncccc9%10)ccc8c7)ccc6n5)ccc4c3)nc12. The lowest BCUT2D eigenvalue weighted by atomic mass is 9.95. The molecule has 12 nitrogen and oxygen atoms in total.